The predicted octanol–water partition coefficient (Wildman–Crippen LogP) is 0.153. The van der Waals surface area contributed by atoms with Crippen molar-refractivity contribution >= 4 is 11.8 Å². The molecule has 0 aromatic rings. The van der Waals surface area contributed by atoms with Crippen LogP contribution in [0.4, 0.5) is 0 Å². The number of rotatable bonds is 4. The average molecular weight is 211 g/mol. The van der Waals surface area contributed by atoms with Crippen molar-refractivity contribution in [3.63, 3.8) is 0 Å². The Kier molecular flexibility index (Phi) is 4.83. The summed E-state index contributed by atoms with van der Waals surface area (Å²) in [5.41, 5.74) is 5.12. The van der Waals surface area contributed by atoms with E-state index in [1.165, 1.54) is 6.08 Å². The van der Waals surface area contributed by atoms with Crippen molar-refractivity contribution in [1.29, 1.82) is 0 Å². The lowest BCUT2D eigenvalue weighted by Crippen LogP contribution is -2.46. The molecule has 0 unspecified atom stereocenters. The number of nitrogens with zero attached hydrogens (tertiary/aromatic N) is 1. The van der Waals surface area contributed by atoms with Gasteiger partial charge in [-0.2, -0.15) is 0 Å². The van der Waals surface area contributed by atoms with Gasteiger partial charge in [-0.15, -0.1) is 0 Å². The molecule has 2 N–H and O–H groups in total. The minimum absolute atomic E-state index is 0.146. The number of carbonyl (C=O) groups is 2. The van der Waals surface area contributed by atoms with Crippen LogP contribution >= 0.6 is 0 Å². The van der Waals surface area contributed by atoms with Crippen LogP contribution in [0.2, 0.25) is 0 Å². The Balaban J connectivity index is 2.26. The van der Waals surface area contributed by atoms with E-state index in [-0.39, 0.29) is 11.8 Å². The van der Waals surface area contributed by atoms with Crippen LogP contribution < -0.4 is 10.9 Å². The Morgan fingerprint density at radius 1 is 1.47 bits per heavy atom. The minimum Gasteiger partial charge on any atom is -0.328 e. The molecule has 1 aliphatic rings. The quantitative estimate of drug-likeness (QED) is 0.514. The molecule has 1 fully saturated rings. The van der Waals surface area contributed by atoms with E-state index in [1.807, 2.05) is 0 Å². The zero-order chi connectivity index (χ0) is 11.1. The maximum Gasteiger partial charge on any atom is 0.257 e. The fourth-order valence-corrected chi connectivity index (χ4v) is 1.48. The SMILES string of the molecule is C=CC(=O)NNCN1CCCCCC1=O. The maximum atomic E-state index is 11.5. The molecule has 1 heterocycles. The van der Waals surface area contributed by atoms with Crippen molar-refractivity contribution < 1.29 is 9.59 Å². The van der Waals surface area contributed by atoms with Gasteiger partial charge in [0.25, 0.3) is 5.91 Å². The zero-order valence-electron chi connectivity index (χ0n) is 8.79. The first kappa shape index (κ1) is 11.7. The van der Waals surface area contributed by atoms with E-state index in [0.717, 1.165) is 25.8 Å². The van der Waals surface area contributed by atoms with Crippen molar-refractivity contribution in [3.05, 3.63) is 12.7 Å². The van der Waals surface area contributed by atoms with Crippen LogP contribution in [-0.4, -0.2) is 29.9 Å². The lowest BCUT2D eigenvalue weighted by atomic mass is 10.2. The van der Waals surface area contributed by atoms with E-state index < -0.39 is 0 Å². The van der Waals surface area contributed by atoms with Gasteiger partial charge in [-0.05, 0) is 18.9 Å². The van der Waals surface area contributed by atoms with Gasteiger partial charge in [0, 0.05) is 13.0 Å². The third-order valence-electron chi connectivity index (χ3n) is 2.34. The molecular weight excluding hydrogens is 194 g/mol. The van der Waals surface area contributed by atoms with Gasteiger partial charge in [0.1, 0.15) is 0 Å². The molecule has 84 valence electrons. The fourth-order valence-electron chi connectivity index (χ4n) is 1.48. The summed E-state index contributed by atoms with van der Waals surface area (Å²) in [7, 11) is 0. The summed E-state index contributed by atoms with van der Waals surface area (Å²) in [5, 5.41) is 0. The van der Waals surface area contributed by atoms with E-state index >= 15 is 0 Å². The summed E-state index contributed by atoms with van der Waals surface area (Å²) in [6, 6.07) is 0. The summed E-state index contributed by atoms with van der Waals surface area (Å²) in [5.74, 6) is -0.148. The molecule has 2 amide bonds. The number of nitrogens with one attached hydrogen (secondary N) is 2. The molecule has 0 saturated carbocycles. The molecule has 0 aliphatic carbocycles. The largest absolute Gasteiger partial charge is 0.328 e. The normalized spacial score (nSPS) is 17.1. The van der Waals surface area contributed by atoms with Crippen molar-refractivity contribution in [3.8, 4) is 0 Å². The Labute approximate surface area is 89.5 Å². The number of carbonyl (C=O) groups excluding carboxylic acids is 2. The summed E-state index contributed by atoms with van der Waals surface area (Å²) >= 11 is 0. The van der Waals surface area contributed by atoms with Crippen LogP contribution in [-0.2, 0) is 9.59 Å². The van der Waals surface area contributed by atoms with Crippen molar-refractivity contribution in [2.24, 2.45) is 0 Å². The second kappa shape index (κ2) is 6.19. The highest BCUT2D eigenvalue weighted by molar-refractivity contribution is 5.86. The van der Waals surface area contributed by atoms with Gasteiger partial charge in [0.15, 0.2) is 0 Å². The smallest absolute Gasteiger partial charge is 0.257 e. The van der Waals surface area contributed by atoms with E-state index in [4.69, 9.17) is 0 Å². The van der Waals surface area contributed by atoms with Gasteiger partial charge < -0.3 is 4.90 Å². The monoisotopic (exact) mass is 211 g/mol. The van der Waals surface area contributed by atoms with Gasteiger partial charge in [-0.1, -0.05) is 13.0 Å². The van der Waals surface area contributed by atoms with E-state index in [0.29, 0.717) is 13.1 Å². The van der Waals surface area contributed by atoms with Crippen LogP contribution in [0.25, 0.3) is 0 Å². The molecule has 1 rings (SSSR count). The van der Waals surface area contributed by atoms with Crippen molar-refractivity contribution in [2.75, 3.05) is 13.2 Å². The Morgan fingerprint density at radius 2 is 2.27 bits per heavy atom. The second-order valence-electron chi connectivity index (χ2n) is 3.50. The average Bonchev–Trinajstić information content (AvgIpc) is 2.44. The molecule has 1 saturated heterocycles. The Morgan fingerprint density at radius 3 is 3.00 bits per heavy atom. The van der Waals surface area contributed by atoms with Crippen molar-refractivity contribution in [2.45, 2.75) is 25.7 Å². The molecular formula is C10H17N3O2. The number of amides is 2. The minimum atomic E-state index is -0.294. The molecule has 0 bridgehead atoms. The molecule has 1 aliphatic heterocycles. The Hall–Kier alpha value is -1.36. The third-order valence-corrected chi connectivity index (χ3v) is 2.34. The van der Waals surface area contributed by atoms with Crippen LogP contribution in [0.15, 0.2) is 12.7 Å². The molecule has 0 radical (unpaired) electrons. The lowest BCUT2D eigenvalue weighted by Gasteiger charge is -2.20. The topological polar surface area (TPSA) is 61.4 Å². The summed E-state index contributed by atoms with van der Waals surface area (Å²) in [6.07, 6.45) is 4.88. The standard InChI is InChI=1S/C10H17N3O2/c1-2-9(14)12-11-8-13-7-5-3-4-6-10(13)15/h2,11H,1,3-8H2,(H,12,14). The predicted molar refractivity (Wildman–Crippen MR) is 56.5 cm³/mol. The van der Waals surface area contributed by atoms with Gasteiger partial charge >= 0.3 is 0 Å². The number of likely N-dealkylation sites (tertiary alicyclic amines) is 1. The van der Waals surface area contributed by atoms with Gasteiger partial charge in [-0.3, -0.25) is 15.0 Å². The van der Waals surface area contributed by atoms with Crippen LogP contribution in [0, 0.1) is 0 Å². The van der Waals surface area contributed by atoms with Gasteiger partial charge in [0.05, 0.1) is 6.67 Å². The van der Waals surface area contributed by atoms with Gasteiger partial charge in [0.2, 0.25) is 5.91 Å². The summed E-state index contributed by atoms with van der Waals surface area (Å²) < 4.78 is 0. The van der Waals surface area contributed by atoms with Gasteiger partial charge in [-0.25, -0.2) is 5.43 Å². The molecule has 0 aromatic carbocycles. The van der Waals surface area contributed by atoms with E-state index in [2.05, 4.69) is 17.4 Å². The van der Waals surface area contributed by atoms with Crippen LogP contribution in [0.5, 0.6) is 0 Å². The number of hydrogen-bond acceptors (Lipinski definition) is 3. The molecule has 0 aromatic heterocycles. The van der Waals surface area contributed by atoms with Crippen molar-refractivity contribution in [1.82, 2.24) is 15.8 Å². The highest BCUT2D eigenvalue weighted by Gasteiger charge is 2.15. The lowest BCUT2D eigenvalue weighted by molar-refractivity contribution is -0.131. The van der Waals surface area contributed by atoms with E-state index in [9.17, 15) is 9.59 Å². The molecule has 0 spiro atoms. The highest BCUT2D eigenvalue weighted by Crippen LogP contribution is 2.09. The Bertz CT molecular complexity index is 253. The summed E-state index contributed by atoms with van der Waals surface area (Å²) in [6.45, 7) is 4.44. The third kappa shape index (κ3) is 4.12. The van der Waals surface area contributed by atoms with Crippen LogP contribution in [0.3, 0.4) is 0 Å². The number of hydrogen-bond donors (Lipinski definition) is 2. The van der Waals surface area contributed by atoms with Crippen LogP contribution in [0.1, 0.15) is 25.7 Å². The maximum absolute atomic E-state index is 11.5. The van der Waals surface area contributed by atoms with E-state index in [1.54, 1.807) is 4.90 Å². The first-order valence-electron chi connectivity index (χ1n) is 5.17. The first-order valence-corrected chi connectivity index (χ1v) is 5.17. The second-order valence-corrected chi connectivity index (χ2v) is 3.50. The fraction of sp³-hybridized carbons (Fsp3) is 0.600. The zero-order valence-corrected chi connectivity index (χ0v) is 8.79. The molecule has 0 atom stereocenters. The first-order chi connectivity index (χ1) is 7.24. The molecule has 5 nitrogen and oxygen atoms in total. The number of hydrazine groups is 1. The molecule has 5 heteroatoms. The molecule has 15 heavy (non-hydrogen) atoms. The highest BCUT2D eigenvalue weighted by atomic mass is 16.2. The summed E-state index contributed by atoms with van der Waals surface area (Å²) in [4.78, 5) is 24.0.